The molecule has 0 bridgehead atoms. The average Bonchev–Trinajstić information content (AvgIpc) is 2.85. The second kappa shape index (κ2) is 12.9. The van der Waals surface area contributed by atoms with Gasteiger partial charge in [0, 0.05) is 37.6 Å². The molecule has 2 heterocycles. The lowest BCUT2D eigenvalue weighted by molar-refractivity contribution is -0.113. The maximum absolute atomic E-state index is 13.7. The normalized spacial score (nSPS) is 11.2. The molecule has 196 valence electrons. The maximum atomic E-state index is 13.7. The summed E-state index contributed by atoms with van der Waals surface area (Å²) in [5, 5.41) is 5.99. The summed E-state index contributed by atoms with van der Waals surface area (Å²) in [6, 6.07) is 10.2. The Hall–Kier alpha value is -3.92. The van der Waals surface area contributed by atoms with Gasteiger partial charge >= 0.3 is 6.18 Å². The predicted molar refractivity (Wildman–Crippen MR) is 140 cm³/mol. The molecular weight excluding hydrogens is 507 g/mol. The van der Waals surface area contributed by atoms with Crippen LogP contribution in [0.1, 0.15) is 19.4 Å². The minimum atomic E-state index is -4.65. The van der Waals surface area contributed by atoms with E-state index < -0.39 is 17.7 Å². The van der Waals surface area contributed by atoms with Crippen molar-refractivity contribution >= 4 is 46.3 Å². The Labute approximate surface area is 218 Å². The Morgan fingerprint density at radius 2 is 1.70 bits per heavy atom. The molecule has 0 fully saturated rings. The fraction of sp³-hybridized carbons (Fsp3) is 0.231. The van der Waals surface area contributed by atoms with Crippen molar-refractivity contribution in [3.8, 4) is 0 Å². The topological polar surface area (TPSA) is 87.2 Å². The van der Waals surface area contributed by atoms with Gasteiger partial charge in [-0.3, -0.25) is 14.6 Å². The number of likely N-dealkylation sites (N-methyl/N-ethyl adjacent to an activating group) is 1. The van der Waals surface area contributed by atoms with Gasteiger partial charge in [-0.25, -0.2) is 4.98 Å². The van der Waals surface area contributed by atoms with Gasteiger partial charge in [-0.1, -0.05) is 23.2 Å². The van der Waals surface area contributed by atoms with Gasteiger partial charge in [-0.05, 0) is 62.7 Å². The number of allylic oxidation sites excluding steroid dienone is 3. The highest BCUT2D eigenvalue weighted by molar-refractivity contribution is 6.33. The number of benzene rings is 1. The number of fused-ring (bicyclic) bond motifs is 1. The van der Waals surface area contributed by atoms with Crippen molar-refractivity contribution in [2.75, 3.05) is 24.3 Å². The number of nitrogens with zero attached hydrogens (tertiary/aromatic N) is 3. The molecule has 2 aromatic heterocycles. The van der Waals surface area contributed by atoms with E-state index in [1.54, 1.807) is 50.5 Å². The molecule has 7 nitrogen and oxygen atoms in total. The second-order valence-electron chi connectivity index (χ2n) is 7.98. The van der Waals surface area contributed by atoms with Crippen molar-refractivity contribution in [2.24, 2.45) is 0 Å². The van der Waals surface area contributed by atoms with E-state index in [2.05, 4.69) is 20.6 Å². The van der Waals surface area contributed by atoms with Crippen LogP contribution in [0.3, 0.4) is 0 Å². The van der Waals surface area contributed by atoms with E-state index in [0.717, 1.165) is 22.5 Å². The first-order chi connectivity index (χ1) is 17.4. The molecular formula is C26H27ClF3N5O2. The van der Waals surface area contributed by atoms with Crippen molar-refractivity contribution < 1.29 is 22.8 Å². The summed E-state index contributed by atoms with van der Waals surface area (Å²) in [4.78, 5) is 32.0. The minimum absolute atomic E-state index is 0.0151. The number of anilines is 2. The van der Waals surface area contributed by atoms with Gasteiger partial charge in [0.1, 0.15) is 5.70 Å². The smallest absolute Gasteiger partial charge is 0.362 e. The van der Waals surface area contributed by atoms with E-state index in [4.69, 9.17) is 16.4 Å². The Bertz CT molecular complexity index is 1340. The van der Waals surface area contributed by atoms with E-state index in [9.17, 15) is 18.0 Å². The molecule has 0 saturated carbocycles. The number of alkyl halides is 3. The van der Waals surface area contributed by atoms with Crippen LogP contribution in [0.25, 0.3) is 10.9 Å². The van der Waals surface area contributed by atoms with Crippen molar-refractivity contribution in [3.05, 3.63) is 82.3 Å². The van der Waals surface area contributed by atoms with Crippen molar-refractivity contribution in [1.29, 1.82) is 0 Å². The van der Waals surface area contributed by atoms with Gasteiger partial charge in [0.2, 0.25) is 6.41 Å². The zero-order valence-corrected chi connectivity index (χ0v) is 21.7. The lowest BCUT2D eigenvalue weighted by atomic mass is 10.1. The third-order valence-electron chi connectivity index (χ3n) is 5.20. The number of carbonyl (C=O) groups is 2. The number of hydrogen-bond donors (Lipinski definition) is 2. The summed E-state index contributed by atoms with van der Waals surface area (Å²) >= 11 is 6.20. The molecule has 11 heteroatoms. The molecule has 0 saturated heterocycles. The van der Waals surface area contributed by atoms with Gasteiger partial charge in [0.25, 0.3) is 5.91 Å². The number of nitrogens with one attached hydrogen (secondary N) is 2. The fourth-order valence-electron chi connectivity index (χ4n) is 3.32. The van der Waals surface area contributed by atoms with Gasteiger partial charge in [-0.15, -0.1) is 0 Å². The fourth-order valence-corrected chi connectivity index (χ4v) is 3.57. The lowest BCUT2D eigenvalue weighted by Gasteiger charge is -2.24. The molecule has 0 atom stereocenters. The van der Waals surface area contributed by atoms with Crippen molar-refractivity contribution in [3.63, 3.8) is 0 Å². The number of aromatic nitrogens is 2. The number of rotatable bonds is 6. The Morgan fingerprint density at radius 3 is 2.27 bits per heavy atom. The van der Waals surface area contributed by atoms with Gasteiger partial charge in [0.05, 0.1) is 16.1 Å². The lowest BCUT2D eigenvalue weighted by Crippen LogP contribution is -2.30. The quantitative estimate of drug-likeness (QED) is 0.237. The summed E-state index contributed by atoms with van der Waals surface area (Å²) in [5.74, 6) is -0.594. The summed E-state index contributed by atoms with van der Waals surface area (Å²) < 4.78 is 41.1. The summed E-state index contributed by atoms with van der Waals surface area (Å²) in [6.45, 7) is 4.48. The highest BCUT2D eigenvalue weighted by Crippen LogP contribution is 2.33. The van der Waals surface area contributed by atoms with Crippen LogP contribution in [0.2, 0.25) is 5.02 Å². The molecule has 0 aliphatic rings. The number of carbonyl (C=O) groups excluding carboxylic acids is 2. The highest BCUT2D eigenvalue weighted by Gasteiger charge is 2.35. The van der Waals surface area contributed by atoms with E-state index in [-0.39, 0.29) is 22.1 Å². The Morgan fingerprint density at radius 1 is 1.08 bits per heavy atom. The van der Waals surface area contributed by atoms with E-state index >= 15 is 0 Å². The first-order valence-corrected chi connectivity index (χ1v) is 11.4. The van der Waals surface area contributed by atoms with Gasteiger partial charge in [-0.2, -0.15) is 13.2 Å². The number of hydrogen-bond acceptors (Lipinski definition) is 5. The Kier molecular flexibility index (Phi) is 10.2. The van der Waals surface area contributed by atoms with Crippen LogP contribution < -0.4 is 15.5 Å². The third-order valence-corrected chi connectivity index (χ3v) is 5.49. The van der Waals surface area contributed by atoms with Gasteiger partial charge in [0.15, 0.2) is 5.82 Å². The average molecular weight is 534 g/mol. The van der Waals surface area contributed by atoms with Crippen molar-refractivity contribution in [2.45, 2.75) is 26.9 Å². The number of halogens is 4. The molecule has 2 amide bonds. The predicted octanol–water partition coefficient (Wildman–Crippen LogP) is 5.81. The zero-order valence-electron chi connectivity index (χ0n) is 20.9. The molecule has 0 aliphatic heterocycles. The third kappa shape index (κ3) is 7.53. The summed E-state index contributed by atoms with van der Waals surface area (Å²) in [7, 11) is 3.00. The molecule has 37 heavy (non-hydrogen) atoms. The first-order valence-electron chi connectivity index (χ1n) is 11.0. The molecule has 1 aromatic carbocycles. The van der Waals surface area contributed by atoms with Crippen molar-refractivity contribution in [1.82, 2.24) is 15.3 Å². The second-order valence-corrected chi connectivity index (χ2v) is 8.38. The highest BCUT2D eigenvalue weighted by atomic mass is 35.5. The molecule has 0 aliphatic carbocycles. The SMILES string of the molecule is CC(C)=C(/C=C(/C(=O)Nc1ccc2ncccc2c1C)N(C)c1ncccc1Cl)C(F)(F)F.CNC=O. The molecule has 3 aromatic rings. The molecule has 2 N–H and O–H groups in total. The van der Waals surface area contributed by atoms with Crippen LogP contribution in [0.15, 0.2) is 71.7 Å². The van der Waals surface area contributed by atoms with E-state index in [0.29, 0.717) is 12.1 Å². The van der Waals surface area contributed by atoms with E-state index in [1.165, 1.54) is 32.0 Å². The van der Waals surface area contributed by atoms with Crippen LogP contribution in [0.4, 0.5) is 24.7 Å². The van der Waals surface area contributed by atoms with Crippen LogP contribution in [-0.2, 0) is 9.59 Å². The Balaban J connectivity index is 0.00000112. The number of pyridine rings is 2. The summed E-state index contributed by atoms with van der Waals surface area (Å²) in [6.07, 6.45) is -0.110. The summed E-state index contributed by atoms with van der Waals surface area (Å²) in [5.41, 5.74) is 0.759. The zero-order chi connectivity index (χ0) is 27.8. The van der Waals surface area contributed by atoms with E-state index in [1.807, 2.05) is 6.07 Å². The minimum Gasteiger partial charge on any atom is -0.362 e. The molecule has 0 unspecified atom stereocenters. The van der Waals surface area contributed by atoms with Crippen LogP contribution in [-0.4, -0.2) is 42.6 Å². The van der Waals surface area contributed by atoms with Gasteiger partial charge < -0.3 is 15.5 Å². The van der Waals surface area contributed by atoms with Crippen LogP contribution in [0, 0.1) is 6.92 Å². The monoisotopic (exact) mass is 533 g/mol. The number of amides is 2. The van der Waals surface area contributed by atoms with Crippen LogP contribution in [0.5, 0.6) is 0 Å². The standard InChI is InChI=1S/C24H22ClF3N4O.C2H5NO/c1-14(2)17(24(26,27)28)13-21(32(4)22-18(25)8-6-12-30-22)23(33)31-19-9-10-20-16(15(19)3)7-5-11-29-20;1-3-2-4/h5-13H,1-4H3,(H,31,33);2H,1H3,(H,3,4)/b21-13-;. The first kappa shape index (κ1) is 29.3. The maximum Gasteiger partial charge on any atom is 0.416 e. The molecule has 3 rings (SSSR count). The largest absolute Gasteiger partial charge is 0.416 e. The molecule has 0 spiro atoms. The molecule has 0 radical (unpaired) electrons. The van der Waals surface area contributed by atoms with Crippen LogP contribution >= 0.6 is 11.6 Å². The number of aryl methyl sites for hydroxylation is 1.